The van der Waals surface area contributed by atoms with Gasteiger partial charge in [0.15, 0.2) is 4.34 Å². The van der Waals surface area contributed by atoms with Crippen molar-refractivity contribution in [2.45, 2.75) is 38.1 Å². The van der Waals surface area contributed by atoms with Gasteiger partial charge in [0, 0.05) is 18.3 Å². The number of hydrogen-bond acceptors (Lipinski definition) is 7. The molecule has 2 N–H and O–H groups in total. The van der Waals surface area contributed by atoms with Crippen LogP contribution in [0.15, 0.2) is 28.6 Å². The van der Waals surface area contributed by atoms with Gasteiger partial charge in [0.05, 0.1) is 12.3 Å². The summed E-state index contributed by atoms with van der Waals surface area (Å²) in [5.74, 6) is -0.0162. The predicted molar refractivity (Wildman–Crippen MR) is 111 cm³/mol. The minimum atomic E-state index is -0.148. The molecule has 0 aliphatic rings. The maximum Gasteiger partial charge on any atom is 0.239 e. The zero-order valence-electron chi connectivity index (χ0n) is 16.0. The van der Waals surface area contributed by atoms with Gasteiger partial charge in [-0.15, -0.1) is 10.2 Å². The second-order valence-corrected chi connectivity index (χ2v) is 8.48. The number of aromatic nitrogens is 2. The van der Waals surface area contributed by atoms with Gasteiger partial charge >= 0.3 is 0 Å². The summed E-state index contributed by atoms with van der Waals surface area (Å²) in [5.41, 5.74) is 2.13. The van der Waals surface area contributed by atoms with Crippen LogP contribution in [0.1, 0.15) is 26.3 Å². The van der Waals surface area contributed by atoms with E-state index in [1.807, 2.05) is 52.0 Å². The molecule has 0 saturated carbocycles. The summed E-state index contributed by atoms with van der Waals surface area (Å²) < 4.78 is 0.709. The van der Waals surface area contributed by atoms with Crippen LogP contribution in [-0.4, -0.2) is 51.8 Å². The first kappa shape index (κ1) is 21.2. The Kier molecular flexibility index (Phi) is 8.05. The molecule has 146 valence electrons. The Balaban J connectivity index is 1.84. The lowest BCUT2D eigenvalue weighted by atomic mass is 10.2. The summed E-state index contributed by atoms with van der Waals surface area (Å²) in [5, 5.41) is 14.9. The zero-order valence-corrected chi connectivity index (χ0v) is 17.6. The van der Waals surface area contributed by atoms with Gasteiger partial charge in [0.2, 0.25) is 16.9 Å². The Morgan fingerprint density at radius 3 is 2.56 bits per heavy atom. The van der Waals surface area contributed by atoms with E-state index in [-0.39, 0.29) is 30.2 Å². The molecular formula is C18H25N5O2S2. The van der Waals surface area contributed by atoms with Gasteiger partial charge in [0.1, 0.15) is 0 Å². The number of hydrogen-bond donors (Lipinski definition) is 2. The number of likely N-dealkylation sites (N-methyl/N-ethyl adjacent to an activating group) is 1. The van der Waals surface area contributed by atoms with Gasteiger partial charge in [-0.25, -0.2) is 0 Å². The van der Waals surface area contributed by atoms with Crippen LogP contribution < -0.4 is 10.6 Å². The molecule has 2 amide bonds. The summed E-state index contributed by atoms with van der Waals surface area (Å²) >= 11 is 2.72. The number of thioether (sulfide) groups is 1. The topological polar surface area (TPSA) is 87.2 Å². The molecule has 1 aromatic carbocycles. The molecule has 0 unspecified atom stereocenters. The van der Waals surface area contributed by atoms with E-state index in [0.717, 1.165) is 5.69 Å². The third-order valence-corrected chi connectivity index (χ3v) is 5.50. The summed E-state index contributed by atoms with van der Waals surface area (Å²) in [6.45, 7) is 8.24. The second kappa shape index (κ2) is 10.3. The fraction of sp³-hybridized carbons (Fsp3) is 0.444. The van der Waals surface area contributed by atoms with Crippen LogP contribution in [0.3, 0.4) is 0 Å². The Morgan fingerprint density at radius 2 is 1.93 bits per heavy atom. The number of aryl methyl sites for hydroxylation is 1. The van der Waals surface area contributed by atoms with Crippen molar-refractivity contribution in [3.63, 3.8) is 0 Å². The number of nitrogens with zero attached hydrogens (tertiary/aromatic N) is 3. The zero-order chi connectivity index (χ0) is 19.8. The van der Waals surface area contributed by atoms with Crippen LogP contribution in [0.25, 0.3) is 0 Å². The molecule has 0 saturated heterocycles. The van der Waals surface area contributed by atoms with Gasteiger partial charge in [-0.2, -0.15) is 0 Å². The second-order valence-electron chi connectivity index (χ2n) is 6.28. The average molecular weight is 408 g/mol. The van der Waals surface area contributed by atoms with Crippen molar-refractivity contribution in [2.24, 2.45) is 0 Å². The van der Waals surface area contributed by atoms with Gasteiger partial charge in [-0.05, 0) is 39.8 Å². The monoisotopic (exact) mass is 407 g/mol. The normalized spacial score (nSPS) is 10.7. The highest BCUT2D eigenvalue weighted by Crippen LogP contribution is 2.27. The SMILES string of the molecule is CCN(CC(=O)NC(C)C)C(=O)CSc1nnc(Nc2ccc(C)cc2)s1. The van der Waals surface area contributed by atoms with E-state index in [9.17, 15) is 9.59 Å². The van der Waals surface area contributed by atoms with Crippen LogP contribution >= 0.6 is 23.1 Å². The molecule has 1 heterocycles. The van der Waals surface area contributed by atoms with Crippen LogP contribution in [-0.2, 0) is 9.59 Å². The number of amides is 2. The highest BCUT2D eigenvalue weighted by Gasteiger charge is 2.17. The van der Waals surface area contributed by atoms with E-state index in [4.69, 9.17) is 0 Å². The molecule has 1 aromatic heterocycles. The van der Waals surface area contributed by atoms with Gasteiger partial charge < -0.3 is 15.5 Å². The molecule has 0 aliphatic carbocycles. The summed E-state index contributed by atoms with van der Waals surface area (Å²) in [6, 6.07) is 8.06. The summed E-state index contributed by atoms with van der Waals surface area (Å²) in [4.78, 5) is 25.8. The molecule has 2 aromatic rings. The molecule has 9 heteroatoms. The van der Waals surface area contributed by atoms with Gasteiger partial charge in [-0.3, -0.25) is 9.59 Å². The Morgan fingerprint density at radius 1 is 1.22 bits per heavy atom. The van der Waals surface area contributed by atoms with Crippen molar-refractivity contribution in [1.29, 1.82) is 0 Å². The quantitative estimate of drug-likeness (QED) is 0.621. The third kappa shape index (κ3) is 7.18. The van der Waals surface area contributed by atoms with Crippen LogP contribution in [0.5, 0.6) is 0 Å². The third-order valence-electron chi connectivity index (χ3n) is 3.55. The Hall–Kier alpha value is -2.13. The molecule has 27 heavy (non-hydrogen) atoms. The number of benzene rings is 1. The van der Waals surface area contributed by atoms with E-state index in [1.165, 1.54) is 33.6 Å². The minimum absolute atomic E-state index is 0.0570. The fourth-order valence-corrected chi connectivity index (χ4v) is 3.89. The van der Waals surface area contributed by atoms with Crippen molar-refractivity contribution in [2.75, 3.05) is 24.2 Å². The van der Waals surface area contributed by atoms with Gasteiger partial charge in [-0.1, -0.05) is 40.8 Å². The van der Waals surface area contributed by atoms with E-state index >= 15 is 0 Å². The van der Waals surface area contributed by atoms with E-state index in [1.54, 1.807) is 0 Å². The van der Waals surface area contributed by atoms with Gasteiger partial charge in [0.25, 0.3) is 0 Å². The number of nitrogens with one attached hydrogen (secondary N) is 2. The van der Waals surface area contributed by atoms with E-state index in [0.29, 0.717) is 16.0 Å². The fourth-order valence-electron chi connectivity index (χ4n) is 2.21. The first-order chi connectivity index (χ1) is 12.9. The lowest BCUT2D eigenvalue weighted by Gasteiger charge is -2.20. The summed E-state index contributed by atoms with van der Waals surface area (Å²) in [7, 11) is 0. The Bertz CT molecular complexity index is 761. The molecule has 0 bridgehead atoms. The van der Waals surface area contributed by atoms with Crippen molar-refractivity contribution in [3.05, 3.63) is 29.8 Å². The van der Waals surface area contributed by atoms with Crippen molar-refractivity contribution >= 4 is 45.7 Å². The lowest BCUT2D eigenvalue weighted by Crippen LogP contribution is -2.43. The average Bonchev–Trinajstić information content (AvgIpc) is 3.06. The molecule has 0 atom stereocenters. The standard InChI is InChI=1S/C18H25N5O2S2/c1-5-23(10-15(24)19-12(2)3)16(25)11-26-18-22-21-17(27-18)20-14-8-6-13(4)7-9-14/h6-9,12H,5,10-11H2,1-4H3,(H,19,24)(H,20,21). The number of rotatable bonds is 9. The maximum absolute atomic E-state index is 12.4. The van der Waals surface area contributed by atoms with Crippen LogP contribution in [0.2, 0.25) is 0 Å². The molecule has 0 aliphatic heterocycles. The first-order valence-electron chi connectivity index (χ1n) is 8.74. The molecule has 7 nitrogen and oxygen atoms in total. The molecule has 0 radical (unpaired) electrons. The molecular weight excluding hydrogens is 382 g/mol. The number of carbonyl (C=O) groups is 2. The van der Waals surface area contributed by atoms with Crippen LogP contribution in [0.4, 0.5) is 10.8 Å². The smallest absolute Gasteiger partial charge is 0.239 e. The van der Waals surface area contributed by atoms with E-state index < -0.39 is 0 Å². The predicted octanol–water partition coefficient (Wildman–Crippen LogP) is 3.06. The van der Waals surface area contributed by atoms with Crippen molar-refractivity contribution in [3.8, 4) is 0 Å². The molecule has 0 spiro atoms. The first-order valence-corrected chi connectivity index (χ1v) is 10.5. The van der Waals surface area contributed by atoms with Crippen molar-refractivity contribution in [1.82, 2.24) is 20.4 Å². The van der Waals surface area contributed by atoms with Crippen LogP contribution in [0, 0.1) is 6.92 Å². The lowest BCUT2D eigenvalue weighted by molar-refractivity contribution is -0.134. The number of anilines is 2. The maximum atomic E-state index is 12.4. The molecule has 0 fully saturated rings. The minimum Gasteiger partial charge on any atom is -0.352 e. The van der Waals surface area contributed by atoms with Crippen molar-refractivity contribution < 1.29 is 9.59 Å². The summed E-state index contributed by atoms with van der Waals surface area (Å²) in [6.07, 6.45) is 0. The Labute approximate surface area is 167 Å². The van der Waals surface area contributed by atoms with E-state index in [2.05, 4.69) is 20.8 Å². The number of carbonyl (C=O) groups excluding carboxylic acids is 2. The molecule has 2 rings (SSSR count). The highest BCUT2D eigenvalue weighted by atomic mass is 32.2. The largest absolute Gasteiger partial charge is 0.352 e. The highest BCUT2D eigenvalue weighted by molar-refractivity contribution is 8.01.